The number of imide groups is 2. The van der Waals surface area contributed by atoms with Crippen LogP contribution in [-0.2, 0) is 24.6 Å². The van der Waals surface area contributed by atoms with Crippen molar-refractivity contribution in [1.29, 1.82) is 0 Å². The number of nitrogens with zero attached hydrogens (tertiary/aromatic N) is 4. The number of amides is 4. The van der Waals surface area contributed by atoms with E-state index in [0.29, 0.717) is 5.56 Å². The van der Waals surface area contributed by atoms with Crippen LogP contribution in [0.5, 0.6) is 0 Å². The number of carbonyl (C=O) groups is 4. The van der Waals surface area contributed by atoms with Crippen LogP contribution in [0.3, 0.4) is 0 Å². The molecule has 8 aliphatic rings. The highest BCUT2D eigenvalue weighted by atomic mass is 16.6. The Kier molecular flexibility index (Phi) is 5.39. The third kappa shape index (κ3) is 3.18. The fourth-order valence-corrected chi connectivity index (χ4v) is 9.58. The normalized spacial score (nSPS) is 33.1. The number of allylic oxidation sites excluding steroid dienone is 2. The molecule has 46 heavy (non-hydrogen) atoms. The van der Waals surface area contributed by atoms with Gasteiger partial charge in [-0.15, -0.1) is 0 Å². The van der Waals surface area contributed by atoms with Gasteiger partial charge in [0.15, 0.2) is 0 Å². The first-order valence-corrected chi connectivity index (χ1v) is 15.7. The SMILES string of the molecule is Cc1ccc(N2C(=O)[C@@H]3C4c5ccccc5C(/C=N\N5C(=O)[C@H]6[C@H](C5=O)[C@H]5C=C[C@H]6CC5)(c5ccccc54)[C@@H]3C2=O)c([N+](=O)[O-])c1. The number of hydrogen-bond donors (Lipinski definition) is 0. The van der Waals surface area contributed by atoms with Crippen molar-refractivity contribution in [3.05, 3.63) is 117 Å². The molecular weight excluding hydrogens is 584 g/mol. The van der Waals surface area contributed by atoms with Gasteiger partial charge in [-0.2, -0.15) is 10.1 Å². The van der Waals surface area contributed by atoms with Gasteiger partial charge in [0.2, 0.25) is 11.8 Å². The van der Waals surface area contributed by atoms with E-state index in [-0.39, 0.29) is 35.0 Å². The highest BCUT2D eigenvalue weighted by molar-refractivity contribution is 6.26. The molecule has 10 heteroatoms. The van der Waals surface area contributed by atoms with Gasteiger partial charge in [-0.05, 0) is 65.5 Å². The van der Waals surface area contributed by atoms with Crippen LogP contribution >= 0.6 is 0 Å². The lowest BCUT2D eigenvalue weighted by Gasteiger charge is -2.52. The minimum atomic E-state index is -1.32. The van der Waals surface area contributed by atoms with Crippen LogP contribution in [0.15, 0.2) is 84.0 Å². The summed E-state index contributed by atoms with van der Waals surface area (Å²) < 4.78 is 0. The maximum Gasteiger partial charge on any atom is 0.293 e. The van der Waals surface area contributed by atoms with Crippen LogP contribution in [0, 0.1) is 52.5 Å². The number of anilines is 1. The van der Waals surface area contributed by atoms with E-state index >= 15 is 0 Å². The lowest BCUT2D eigenvalue weighted by atomic mass is 9.47. The number of aryl methyl sites for hydroxylation is 1. The van der Waals surface area contributed by atoms with Crippen LogP contribution in [0.4, 0.5) is 11.4 Å². The Bertz CT molecular complexity index is 1940. The van der Waals surface area contributed by atoms with Crippen molar-refractivity contribution in [2.45, 2.75) is 31.1 Å². The number of nitro benzene ring substituents is 1. The summed E-state index contributed by atoms with van der Waals surface area (Å²) in [5.74, 6) is -5.04. The number of benzene rings is 3. The van der Waals surface area contributed by atoms with E-state index in [9.17, 15) is 29.3 Å². The average molecular weight is 613 g/mol. The Hall–Kier alpha value is -5.25. The van der Waals surface area contributed by atoms with Crippen molar-refractivity contribution in [1.82, 2.24) is 5.01 Å². The van der Waals surface area contributed by atoms with Crippen molar-refractivity contribution in [3.63, 3.8) is 0 Å². The Morgan fingerprint density at radius 3 is 1.96 bits per heavy atom. The summed E-state index contributed by atoms with van der Waals surface area (Å²) in [6.07, 6.45) is 7.35. The molecule has 0 spiro atoms. The molecule has 0 unspecified atom stereocenters. The molecule has 4 bridgehead atoms. The zero-order valence-electron chi connectivity index (χ0n) is 24.8. The van der Waals surface area contributed by atoms with Gasteiger partial charge < -0.3 is 0 Å². The van der Waals surface area contributed by atoms with Gasteiger partial charge in [0.05, 0.1) is 34.0 Å². The van der Waals surface area contributed by atoms with E-state index in [1.54, 1.807) is 19.2 Å². The molecule has 3 aromatic carbocycles. The standard InChI is InChI=1S/C36H28N4O6/c1-18-10-15-25(26(16-18)40(45)46)38-32(41)30-29-21-6-2-4-8-23(21)36(31(30)35(38)44,24-9-5-3-7-22(24)29)17-37-39-33(42)27-19-11-12-20(14-13-19)28(27)34(39)43/h2-12,15-17,19-20,27-31H,13-14H2,1H3/b37-17-/t19-,20-,27+,28+,29?,30+,31-,36?/m0/s1. The number of hydrazone groups is 1. The maximum absolute atomic E-state index is 14.7. The van der Waals surface area contributed by atoms with Crippen LogP contribution in [0.2, 0.25) is 0 Å². The predicted octanol–water partition coefficient (Wildman–Crippen LogP) is 4.64. The van der Waals surface area contributed by atoms with Gasteiger partial charge in [0.1, 0.15) is 5.69 Å². The third-order valence-corrected chi connectivity index (χ3v) is 11.4. The minimum Gasteiger partial charge on any atom is -0.274 e. The molecule has 0 aromatic heterocycles. The van der Waals surface area contributed by atoms with Crippen molar-refractivity contribution < 1.29 is 24.1 Å². The largest absolute Gasteiger partial charge is 0.293 e. The summed E-state index contributed by atoms with van der Waals surface area (Å²) in [6.45, 7) is 1.71. The molecule has 10 nitrogen and oxygen atoms in total. The van der Waals surface area contributed by atoms with Gasteiger partial charge in [0.25, 0.3) is 17.5 Å². The second kappa shape index (κ2) is 9.15. The van der Waals surface area contributed by atoms with Crippen molar-refractivity contribution >= 4 is 41.2 Å². The molecule has 6 aliphatic carbocycles. The highest BCUT2D eigenvalue weighted by Crippen LogP contribution is 2.64. The number of carbonyl (C=O) groups excluding carboxylic acids is 4. The molecule has 2 heterocycles. The molecule has 3 fully saturated rings. The predicted molar refractivity (Wildman–Crippen MR) is 165 cm³/mol. The Morgan fingerprint density at radius 2 is 1.39 bits per heavy atom. The maximum atomic E-state index is 14.7. The van der Waals surface area contributed by atoms with E-state index in [1.807, 2.05) is 60.7 Å². The Morgan fingerprint density at radius 1 is 0.804 bits per heavy atom. The Balaban J connectivity index is 1.24. The second-order valence-corrected chi connectivity index (χ2v) is 13.4. The average Bonchev–Trinajstić information content (AvgIpc) is 3.50. The molecule has 2 aliphatic heterocycles. The van der Waals surface area contributed by atoms with E-state index in [0.717, 1.165) is 45.0 Å². The molecule has 0 N–H and O–H groups in total. The molecule has 4 amide bonds. The minimum absolute atomic E-state index is 0.00588. The van der Waals surface area contributed by atoms with Crippen LogP contribution in [0.1, 0.15) is 46.6 Å². The molecule has 0 radical (unpaired) electrons. The molecule has 228 valence electrons. The lowest BCUT2D eigenvalue weighted by molar-refractivity contribution is -0.384. The lowest BCUT2D eigenvalue weighted by Crippen LogP contribution is -2.55. The third-order valence-electron chi connectivity index (χ3n) is 11.4. The van der Waals surface area contributed by atoms with E-state index in [1.165, 1.54) is 12.1 Å². The first-order chi connectivity index (χ1) is 22.2. The Labute approximate surface area is 263 Å². The monoisotopic (exact) mass is 612 g/mol. The van der Waals surface area contributed by atoms with Crippen LogP contribution < -0.4 is 4.90 Å². The number of fused-ring (bicyclic) bond motifs is 1. The first kappa shape index (κ1) is 27.1. The number of hydrogen-bond acceptors (Lipinski definition) is 7. The van der Waals surface area contributed by atoms with Crippen molar-refractivity contribution in [2.24, 2.45) is 40.6 Å². The topological polar surface area (TPSA) is 130 Å². The van der Waals surface area contributed by atoms with E-state index in [4.69, 9.17) is 0 Å². The smallest absolute Gasteiger partial charge is 0.274 e. The zero-order chi connectivity index (χ0) is 31.6. The molecule has 1 saturated carbocycles. The van der Waals surface area contributed by atoms with Crippen LogP contribution in [0.25, 0.3) is 0 Å². The molecule has 11 rings (SSSR count). The van der Waals surface area contributed by atoms with Gasteiger partial charge in [0, 0.05) is 18.2 Å². The first-order valence-electron chi connectivity index (χ1n) is 15.7. The van der Waals surface area contributed by atoms with Crippen molar-refractivity contribution in [3.8, 4) is 0 Å². The fourth-order valence-electron chi connectivity index (χ4n) is 9.58. The number of nitro groups is 1. The van der Waals surface area contributed by atoms with E-state index < -0.39 is 51.7 Å². The van der Waals surface area contributed by atoms with Gasteiger partial charge in [-0.25, -0.2) is 4.90 Å². The summed E-state index contributed by atoms with van der Waals surface area (Å²) in [7, 11) is 0. The summed E-state index contributed by atoms with van der Waals surface area (Å²) in [5.41, 5.74) is 2.14. The summed E-state index contributed by atoms with van der Waals surface area (Å²) in [4.78, 5) is 69.3. The highest BCUT2D eigenvalue weighted by Gasteiger charge is 2.68. The summed E-state index contributed by atoms with van der Waals surface area (Å²) in [6, 6.07) is 19.6. The zero-order valence-corrected chi connectivity index (χ0v) is 24.8. The molecule has 3 aromatic rings. The van der Waals surface area contributed by atoms with Crippen LogP contribution in [-0.4, -0.2) is 39.8 Å². The van der Waals surface area contributed by atoms with Crippen molar-refractivity contribution in [2.75, 3.05) is 4.90 Å². The second-order valence-electron chi connectivity index (χ2n) is 13.4. The van der Waals surface area contributed by atoms with E-state index in [2.05, 4.69) is 5.10 Å². The molecule has 2 saturated heterocycles. The fraction of sp³-hybridized carbons (Fsp3) is 0.306. The number of rotatable bonds is 4. The van der Waals surface area contributed by atoms with Gasteiger partial charge in [-0.1, -0.05) is 66.7 Å². The quantitative estimate of drug-likeness (QED) is 0.139. The summed E-state index contributed by atoms with van der Waals surface area (Å²) >= 11 is 0. The molecule has 6 atom stereocenters. The molecular formula is C36H28N4O6. The van der Waals surface area contributed by atoms with Gasteiger partial charge in [-0.3, -0.25) is 29.3 Å². The van der Waals surface area contributed by atoms with Gasteiger partial charge >= 0.3 is 0 Å². The summed E-state index contributed by atoms with van der Waals surface area (Å²) in [5, 5.41) is 17.8.